The van der Waals surface area contributed by atoms with Crippen LogP contribution in [-0.4, -0.2) is 44.7 Å². The van der Waals surface area contributed by atoms with Crippen LogP contribution in [0.4, 0.5) is 10.7 Å². The minimum Gasteiger partial charge on any atom is -0.467 e. The normalized spacial score (nSPS) is 19.1. The minimum atomic E-state index is -0.555. The van der Waals surface area contributed by atoms with Gasteiger partial charge in [-0.15, -0.1) is 0 Å². The maximum Gasteiger partial charge on any atom is 0.326 e. The smallest absolute Gasteiger partial charge is 0.326 e. The predicted molar refractivity (Wildman–Crippen MR) is 78.6 cm³/mol. The van der Waals surface area contributed by atoms with Crippen molar-refractivity contribution >= 4 is 29.6 Å². The van der Waals surface area contributed by atoms with Crippen LogP contribution in [0.3, 0.4) is 0 Å². The van der Waals surface area contributed by atoms with Crippen molar-refractivity contribution in [2.75, 3.05) is 12.4 Å². The second-order valence-electron chi connectivity index (χ2n) is 5.25. The summed E-state index contributed by atoms with van der Waals surface area (Å²) in [5.74, 6) is 0.0330. The number of carbonyl (C=O) groups excluding carboxylic acids is 2. The van der Waals surface area contributed by atoms with Crippen LogP contribution in [0.5, 0.6) is 6.01 Å². The van der Waals surface area contributed by atoms with Crippen molar-refractivity contribution < 1.29 is 14.3 Å². The van der Waals surface area contributed by atoms with Crippen LogP contribution in [0.15, 0.2) is 11.9 Å². The summed E-state index contributed by atoms with van der Waals surface area (Å²) in [6.45, 7) is 0. The number of aromatic nitrogens is 4. The lowest BCUT2D eigenvalue weighted by Crippen LogP contribution is -2.22. The highest BCUT2D eigenvalue weighted by molar-refractivity contribution is 6.14. The zero-order chi connectivity index (χ0) is 16.0. The number of nitrogens with zero attached hydrogens (tertiary/aromatic N) is 4. The molecular weight excluding hydrogens is 302 g/mol. The van der Waals surface area contributed by atoms with Crippen LogP contribution in [0, 0.1) is 0 Å². The van der Waals surface area contributed by atoms with Crippen molar-refractivity contribution in [2.24, 2.45) is 0 Å². The molecule has 0 spiro atoms. The van der Waals surface area contributed by atoms with E-state index in [1.807, 2.05) is 0 Å². The Morgan fingerprint density at radius 2 is 2.17 bits per heavy atom. The lowest BCUT2D eigenvalue weighted by Gasteiger charge is -2.07. The van der Waals surface area contributed by atoms with Crippen molar-refractivity contribution in [3.8, 4) is 6.01 Å². The van der Waals surface area contributed by atoms with Crippen molar-refractivity contribution in [1.29, 1.82) is 0 Å². The highest BCUT2D eigenvalue weighted by Gasteiger charge is 2.25. The van der Waals surface area contributed by atoms with E-state index in [4.69, 9.17) is 4.74 Å². The first-order valence-corrected chi connectivity index (χ1v) is 7.04. The molecule has 118 valence electrons. The molecule has 0 atom stereocenters. The SMILES string of the molecule is COc1nc(NC2CC2)n2ncc(/C=C3\NC(=O)NC3=O)c2n1. The van der Waals surface area contributed by atoms with Gasteiger partial charge in [-0.05, 0) is 18.9 Å². The monoisotopic (exact) mass is 315 g/mol. The van der Waals surface area contributed by atoms with Gasteiger partial charge in [0.15, 0.2) is 5.65 Å². The Hall–Kier alpha value is -3.17. The van der Waals surface area contributed by atoms with E-state index in [2.05, 4.69) is 31.0 Å². The Labute approximate surface area is 129 Å². The molecule has 2 aromatic rings. The number of imide groups is 1. The van der Waals surface area contributed by atoms with Crippen LogP contribution in [0.2, 0.25) is 0 Å². The summed E-state index contributed by atoms with van der Waals surface area (Å²) in [6.07, 6.45) is 5.22. The van der Waals surface area contributed by atoms with Crippen molar-refractivity contribution in [3.05, 3.63) is 17.5 Å². The van der Waals surface area contributed by atoms with Crippen LogP contribution in [0.25, 0.3) is 11.7 Å². The summed E-state index contributed by atoms with van der Waals surface area (Å²) in [5, 5.41) is 12.1. The summed E-state index contributed by atoms with van der Waals surface area (Å²) in [5.41, 5.74) is 1.18. The fraction of sp³-hybridized carbons (Fsp3) is 0.308. The molecule has 1 aliphatic heterocycles. The van der Waals surface area contributed by atoms with E-state index >= 15 is 0 Å². The van der Waals surface area contributed by atoms with E-state index < -0.39 is 11.9 Å². The van der Waals surface area contributed by atoms with Gasteiger partial charge in [-0.3, -0.25) is 10.1 Å². The lowest BCUT2D eigenvalue weighted by atomic mass is 10.2. The first kappa shape index (κ1) is 13.5. The molecule has 1 aliphatic carbocycles. The zero-order valence-corrected chi connectivity index (χ0v) is 12.2. The Kier molecular flexibility index (Phi) is 2.89. The number of rotatable bonds is 4. The number of methoxy groups -OCH3 is 1. The Morgan fingerprint density at radius 3 is 2.83 bits per heavy atom. The molecule has 0 unspecified atom stereocenters. The van der Waals surface area contributed by atoms with E-state index in [1.54, 1.807) is 10.7 Å². The van der Waals surface area contributed by atoms with E-state index in [9.17, 15) is 9.59 Å². The molecule has 0 aromatic carbocycles. The molecule has 2 aliphatic rings. The fourth-order valence-electron chi connectivity index (χ4n) is 2.21. The van der Waals surface area contributed by atoms with E-state index in [0.717, 1.165) is 12.8 Å². The molecule has 4 rings (SSSR count). The van der Waals surface area contributed by atoms with Gasteiger partial charge in [0.05, 0.1) is 13.3 Å². The first-order chi connectivity index (χ1) is 11.1. The molecule has 10 heteroatoms. The Morgan fingerprint density at radius 1 is 1.35 bits per heavy atom. The Bertz CT molecular complexity index is 853. The maximum absolute atomic E-state index is 11.6. The largest absolute Gasteiger partial charge is 0.467 e. The second kappa shape index (κ2) is 4.93. The van der Waals surface area contributed by atoms with Gasteiger partial charge in [-0.2, -0.15) is 19.6 Å². The first-order valence-electron chi connectivity index (χ1n) is 7.04. The summed E-state index contributed by atoms with van der Waals surface area (Å²) in [4.78, 5) is 31.3. The third kappa shape index (κ3) is 2.43. The molecule has 3 heterocycles. The number of carbonyl (C=O) groups is 2. The number of hydrogen-bond acceptors (Lipinski definition) is 7. The van der Waals surface area contributed by atoms with Crippen LogP contribution < -0.4 is 20.7 Å². The lowest BCUT2D eigenvalue weighted by molar-refractivity contribution is -0.115. The Balaban J connectivity index is 1.80. The summed E-state index contributed by atoms with van der Waals surface area (Å²) < 4.78 is 6.67. The third-order valence-electron chi connectivity index (χ3n) is 3.49. The minimum absolute atomic E-state index is 0.138. The fourth-order valence-corrected chi connectivity index (χ4v) is 2.21. The molecule has 3 amide bonds. The van der Waals surface area contributed by atoms with Crippen molar-refractivity contribution in [1.82, 2.24) is 30.2 Å². The average molecular weight is 315 g/mol. The molecule has 1 saturated carbocycles. The van der Waals surface area contributed by atoms with Gasteiger partial charge < -0.3 is 15.4 Å². The van der Waals surface area contributed by atoms with Gasteiger partial charge in [0.25, 0.3) is 5.91 Å². The molecule has 0 bridgehead atoms. The number of anilines is 1. The van der Waals surface area contributed by atoms with Gasteiger partial charge >= 0.3 is 12.0 Å². The van der Waals surface area contributed by atoms with Gasteiger partial charge in [-0.1, -0.05) is 0 Å². The topological polar surface area (TPSA) is 123 Å². The molecule has 2 fully saturated rings. The highest BCUT2D eigenvalue weighted by Crippen LogP contribution is 2.25. The number of nitrogens with one attached hydrogen (secondary N) is 3. The number of hydrogen-bond donors (Lipinski definition) is 3. The molecule has 23 heavy (non-hydrogen) atoms. The zero-order valence-electron chi connectivity index (χ0n) is 12.2. The predicted octanol–water partition coefficient (Wildman–Crippen LogP) is -0.113. The highest BCUT2D eigenvalue weighted by atomic mass is 16.5. The van der Waals surface area contributed by atoms with Gasteiger partial charge in [0, 0.05) is 11.6 Å². The second-order valence-corrected chi connectivity index (χ2v) is 5.25. The van der Waals surface area contributed by atoms with Crippen molar-refractivity contribution in [2.45, 2.75) is 18.9 Å². The average Bonchev–Trinajstić information content (AvgIpc) is 3.16. The number of fused-ring (bicyclic) bond motifs is 1. The van der Waals surface area contributed by atoms with Gasteiger partial charge in [0.2, 0.25) is 5.95 Å². The van der Waals surface area contributed by atoms with E-state index in [-0.39, 0.29) is 11.7 Å². The summed E-state index contributed by atoms with van der Waals surface area (Å²) in [6, 6.07) is 0.0189. The van der Waals surface area contributed by atoms with Gasteiger partial charge in [-0.25, -0.2) is 4.79 Å². The maximum atomic E-state index is 11.6. The van der Waals surface area contributed by atoms with Crippen LogP contribution in [-0.2, 0) is 4.79 Å². The molecule has 10 nitrogen and oxygen atoms in total. The number of amides is 3. The molecule has 1 saturated heterocycles. The molecule has 3 N–H and O–H groups in total. The van der Waals surface area contributed by atoms with Crippen LogP contribution in [0.1, 0.15) is 18.4 Å². The third-order valence-corrected chi connectivity index (χ3v) is 3.49. The molecule has 0 radical (unpaired) electrons. The standard InChI is InChI=1S/C13H13N7O3/c1-23-13-17-9-6(4-8-10(21)18-12(22)16-8)5-14-20(9)11(19-13)15-7-2-3-7/h4-5,7H,2-3H2,1H3,(H,15,17,19)(H2,16,18,21,22)/b8-4-. The molecule has 2 aromatic heterocycles. The van der Waals surface area contributed by atoms with Crippen molar-refractivity contribution in [3.63, 3.8) is 0 Å². The molecular formula is C13H13N7O3. The van der Waals surface area contributed by atoms with Gasteiger partial charge in [0.1, 0.15) is 5.70 Å². The van der Waals surface area contributed by atoms with E-state index in [1.165, 1.54) is 13.2 Å². The van der Waals surface area contributed by atoms with Crippen LogP contribution >= 0.6 is 0 Å². The summed E-state index contributed by atoms with van der Waals surface area (Å²) >= 11 is 0. The quantitative estimate of drug-likeness (QED) is 0.531. The summed E-state index contributed by atoms with van der Waals surface area (Å²) in [7, 11) is 1.48. The van der Waals surface area contributed by atoms with E-state index in [0.29, 0.717) is 23.2 Å². The number of urea groups is 1. The number of ether oxygens (including phenoxy) is 1.